The van der Waals surface area contributed by atoms with Gasteiger partial charge < -0.3 is 5.32 Å². The Bertz CT molecular complexity index is 738. The van der Waals surface area contributed by atoms with Crippen LogP contribution < -0.4 is 5.32 Å². The molecular weight excluding hydrogens is 296 g/mol. The molecular formula is C13H9ClN4OS. The first-order valence-corrected chi connectivity index (χ1v) is 7.05. The fourth-order valence-corrected chi connectivity index (χ4v) is 2.45. The van der Waals surface area contributed by atoms with Gasteiger partial charge in [0.15, 0.2) is 5.82 Å². The zero-order valence-electron chi connectivity index (χ0n) is 10.2. The van der Waals surface area contributed by atoms with E-state index < -0.39 is 0 Å². The second-order valence-corrected chi connectivity index (χ2v) is 5.16. The minimum absolute atomic E-state index is 0.182. The minimum Gasteiger partial charge on any atom is -0.319 e. The summed E-state index contributed by atoms with van der Waals surface area (Å²) in [7, 11) is 0. The van der Waals surface area contributed by atoms with Gasteiger partial charge in [0.2, 0.25) is 0 Å². The van der Waals surface area contributed by atoms with Crippen molar-refractivity contribution in [1.29, 1.82) is 0 Å². The van der Waals surface area contributed by atoms with Crippen LogP contribution in [0.3, 0.4) is 0 Å². The zero-order chi connectivity index (χ0) is 13.9. The summed E-state index contributed by atoms with van der Waals surface area (Å²) in [6.45, 7) is 0. The number of carbonyl (C=O) groups is 1. The van der Waals surface area contributed by atoms with Crippen molar-refractivity contribution < 1.29 is 4.79 Å². The highest BCUT2D eigenvalue weighted by Gasteiger charge is 2.12. The molecule has 0 aliphatic carbocycles. The number of hydrogen-bond acceptors (Lipinski definition) is 4. The number of pyridine rings is 1. The standard InChI is InChI=1S/C13H9ClN4OS/c14-10-6-16-18(7-10)12-11(2-1-4-15-12)17-13(19)9-3-5-20-8-9/h1-8H,(H,17,19). The molecule has 0 atom stereocenters. The molecule has 0 bridgehead atoms. The molecule has 20 heavy (non-hydrogen) atoms. The van der Waals surface area contributed by atoms with Crippen LogP contribution in [0, 0.1) is 0 Å². The van der Waals surface area contributed by atoms with Crippen molar-refractivity contribution in [2.75, 3.05) is 5.32 Å². The Morgan fingerprint density at radius 2 is 2.30 bits per heavy atom. The van der Waals surface area contributed by atoms with Crippen LogP contribution in [0.15, 0.2) is 47.5 Å². The molecule has 0 radical (unpaired) electrons. The van der Waals surface area contributed by atoms with Crippen molar-refractivity contribution in [3.05, 3.63) is 58.1 Å². The molecule has 7 heteroatoms. The van der Waals surface area contributed by atoms with Crippen molar-refractivity contribution in [3.8, 4) is 5.82 Å². The third kappa shape index (κ3) is 2.56. The van der Waals surface area contributed by atoms with Gasteiger partial charge in [-0.3, -0.25) is 4.79 Å². The predicted molar refractivity (Wildman–Crippen MR) is 78.6 cm³/mol. The molecule has 3 aromatic heterocycles. The van der Waals surface area contributed by atoms with Gasteiger partial charge in [-0.25, -0.2) is 9.67 Å². The molecule has 3 aromatic rings. The molecule has 0 aliphatic rings. The third-order valence-corrected chi connectivity index (χ3v) is 3.46. The highest BCUT2D eigenvalue weighted by atomic mass is 35.5. The molecule has 3 rings (SSSR count). The third-order valence-electron chi connectivity index (χ3n) is 2.59. The Hall–Kier alpha value is -2.18. The number of thiophene rings is 1. The number of carbonyl (C=O) groups excluding carboxylic acids is 1. The largest absolute Gasteiger partial charge is 0.319 e. The maximum absolute atomic E-state index is 12.1. The summed E-state index contributed by atoms with van der Waals surface area (Å²) in [5.74, 6) is 0.335. The molecule has 3 heterocycles. The summed E-state index contributed by atoms with van der Waals surface area (Å²) in [5.41, 5.74) is 1.19. The smallest absolute Gasteiger partial charge is 0.256 e. The lowest BCUT2D eigenvalue weighted by Crippen LogP contribution is -2.14. The SMILES string of the molecule is O=C(Nc1cccnc1-n1cc(Cl)cn1)c1ccsc1. The topological polar surface area (TPSA) is 59.8 Å². The molecule has 0 aromatic carbocycles. The van der Waals surface area contributed by atoms with Crippen LogP contribution in [0.2, 0.25) is 5.02 Å². The number of aromatic nitrogens is 3. The van der Waals surface area contributed by atoms with Crippen LogP contribution in [0.4, 0.5) is 5.69 Å². The molecule has 0 saturated carbocycles. The minimum atomic E-state index is -0.182. The summed E-state index contributed by atoms with van der Waals surface area (Å²) in [6, 6.07) is 5.28. The van der Waals surface area contributed by atoms with E-state index in [4.69, 9.17) is 11.6 Å². The Kier molecular flexibility index (Phi) is 3.49. The normalized spacial score (nSPS) is 10.4. The highest BCUT2D eigenvalue weighted by Crippen LogP contribution is 2.19. The first-order valence-electron chi connectivity index (χ1n) is 5.73. The van der Waals surface area contributed by atoms with E-state index in [2.05, 4.69) is 15.4 Å². The van der Waals surface area contributed by atoms with E-state index in [0.717, 1.165) is 0 Å². The first-order chi connectivity index (χ1) is 9.74. The highest BCUT2D eigenvalue weighted by molar-refractivity contribution is 7.08. The molecule has 1 amide bonds. The van der Waals surface area contributed by atoms with E-state index in [1.165, 1.54) is 22.2 Å². The molecule has 1 N–H and O–H groups in total. The van der Waals surface area contributed by atoms with Gasteiger partial charge in [-0.15, -0.1) is 0 Å². The van der Waals surface area contributed by atoms with E-state index >= 15 is 0 Å². The molecule has 100 valence electrons. The van der Waals surface area contributed by atoms with Crippen LogP contribution in [0.1, 0.15) is 10.4 Å². The van der Waals surface area contributed by atoms with Gasteiger partial charge in [0.1, 0.15) is 0 Å². The summed E-state index contributed by atoms with van der Waals surface area (Å²) in [6.07, 6.45) is 4.77. The van der Waals surface area contributed by atoms with Gasteiger partial charge in [-0.05, 0) is 23.6 Å². The Balaban J connectivity index is 1.92. The summed E-state index contributed by atoms with van der Waals surface area (Å²) in [4.78, 5) is 16.3. The first kappa shape index (κ1) is 12.8. The maximum atomic E-state index is 12.1. The summed E-state index contributed by atoms with van der Waals surface area (Å²) < 4.78 is 1.52. The maximum Gasteiger partial charge on any atom is 0.256 e. The molecule has 0 unspecified atom stereocenters. The van der Waals surface area contributed by atoms with Gasteiger partial charge in [-0.1, -0.05) is 11.6 Å². The molecule has 5 nitrogen and oxygen atoms in total. The van der Waals surface area contributed by atoms with E-state index in [-0.39, 0.29) is 5.91 Å². The molecule has 0 aliphatic heterocycles. The lowest BCUT2D eigenvalue weighted by molar-refractivity contribution is 0.102. The van der Waals surface area contributed by atoms with Crippen molar-refractivity contribution in [2.24, 2.45) is 0 Å². The van der Waals surface area contributed by atoms with Crippen LogP contribution in [-0.2, 0) is 0 Å². The predicted octanol–water partition coefficient (Wildman–Crippen LogP) is 3.23. The number of anilines is 1. The average Bonchev–Trinajstić information content (AvgIpc) is 3.10. The Morgan fingerprint density at radius 3 is 3.00 bits per heavy atom. The van der Waals surface area contributed by atoms with E-state index in [1.54, 1.807) is 36.0 Å². The van der Waals surface area contributed by atoms with Crippen LogP contribution in [-0.4, -0.2) is 20.7 Å². The summed E-state index contributed by atoms with van der Waals surface area (Å²) >= 11 is 7.32. The molecule has 0 fully saturated rings. The van der Waals surface area contributed by atoms with Gasteiger partial charge in [0, 0.05) is 11.6 Å². The zero-order valence-corrected chi connectivity index (χ0v) is 11.7. The fourth-order valence-electron chi connectivity index (χ4n) is 1.68. The summed E-state index contributed by atoms with van der Waals surface area (Å²) in [5, 5.41) is 11.1. The molecule has 0 saturated heterocycles. The van der Waals surface area contributed by atoms with Crippen molar-refractivity contribution >= 4 is 34.5 Å². The fraction of sp³-hybridized carbons (Fsp3) is 0. The van der Waals surface area contributed by atoms with Crippen LogP contribution >= 0.6 is 22.9 Å². The van der Waals surface area contributed by atoms with Crippen molar-refractivity contribution in [3.63, 3.8) is 0 Å². The second-order valence-electron chi connectivity index (χ2n) is 3.94. The number of hydrogen-bond donors (Lipinski definition) is 1. The van der Waals surface area contributed by atoms with Gasteiger partial charge in [0.05, 0.1) is 28.7 Å². The number of nitrogens with zero attached hydrogens (tertiary/aromatic N) is 3. The monoisotopic (exact) mass is 304 g/mol. The Morgan fingerprint density at radius 1 is 1.40 bits per heavy atom. The van der Waals surface area contributed by atoms with Gasteiger partial charge >= 0.3 is 0 Å². The lowest BCUT2D eigenvalue weighted by Gasteiger charge is -2.09. The average molecular weight is 305 g/mol. The Labute approximate surface area is 123 Å². The van der Waals surface area contributed by atoms with Crippen molar-refractivity contribution in [1.82, 2.24) is 14.8 Å². The number of amides is 1. The van der Waals surface area contributed by atoms with E-state index in [9.17, 15) is 4.79 Å². The van der Waals surface area contributed by atoms with Gasteiger partial charge in [0.25, 0.3) is 5.91 Å². The number of nitrogens with one attached hydrogen (secondary N) is 1. The van der Waals surface area contributed by atoms with Crippen LogP contribution in [0.5, 0.6) is 0 Å². The van der Waals surface area contributed by atoms with E-state index in [1.807, 2.05) is 5.38 Å². The van der Waals surface area contributed by atoms with Crippen LogP contribution in [0.25, 0.3) is 5.82 Å². The van der Waals surface area contributed by atoms with E-state index in [0.29, 0.717) is 22.1 Å². The van der Waals surface area contributed by atoms with Crippen molar-refractivity contribution in [2.45, 2.75) is 0 Å². The quantitative estimate of drug-likeness (QED) is 0.808. The van der Waals surface area contributed by atoms with Gasteiger partial charge in [-0.2, -0.15) is 16.4 Å². The number of rotatable bonds is 3. The lowest BCUT2D eigenvalue weighted by atomic mass is 10.3. The molecule has 0 spiro atoms. The second kappa shape index (κ2) is 5.44. The number of halogens is 1.